The molecule has 7 heteroatoms. The topological polar surface area (TPSA) is 79.0 Å². The predicted molar refractivity (Wildman–Crippen MR) is 496 cm³/mol. The molecule has 12 aliphatic carbocycles. The first-order chi connectivity index (χ1) is 59.0. The number of para-hydroxylation sites is 2. The van der Waals surface area contributed by atoms with E-state index in [1.807, 2.05) is 66.9 Å². The second-order valence-corrected chi connectivity index (χ2v) is 32.8. The Morgan fingerprint density at radius 1 is 0.283 bits per heavy atom. The zero-order valence-corrected chi connectivity index (χ0v) is 67.4. The molecule has 8 aromatic carbocycles. The van der Waals surface area contributed by atoms with E-state index < -0.39 is 0 Å². The van der Waals surface area contributed by atoms with E-state index in [1.54, 1.807) is 0 Å². The Bertz CT molecular complexity index is 6760. The van der Waals surface area contributed by atoms with Crippen LogP contribution in [0.15, 0.2) is 502 Å². The molecule has 9 aromatic rings. The van der Waals surface area contributed by atoms with Gasteiger partial charge in [0.2, 0.25) is 0 Å². The van der Waals surface area contributed by atoms with Crippen molar-refractivity contribution in [1.82, 2.24) is 15.0 Å². The number of hydrogen-bond donors (Lipinski definition) is 0. The maximum Gasteiger partial charge on any atom is 0.164 e. The fraction of sp³-hybridized carbons (Fsp3) is 0.0973. The van der Waals surface area contributed by atoms with E-state index in [-0.39, 0.29) is 35.9 Å². The number of aliphatic imine (C=N–C) groups is 3. The smallest absolute Gasteiger partial charge is 0.164 e. The van der Waals surface area contributed by atoms with Crippen molar-refractivity contribution >= 4 is 51.9 Å². The number of benzene rings is 8. The molecule has 6 atom stereocenters. The molecule has 0 N–H and O–H groups in total. The zero-order valence-electron chi connectivity index (χ0n) is 67.4. The Kier molecular flexibility index (Phi) is 17.7. The summed E-state index contributed by atoms with van der Waals surface area (Å²) in [6.45, 7) is 10.8. The molecule has 0 radical (unpaired) electrons. The van der Waals surface area contributed by atoms with Crippen molar-refractivity contribution in [3.63, 3.8) is 0 Å². The molecule has 3 aliphatic heterocycles. The van der Waals surface area contributed by atoms with Gasteiger partial charge in [0.15, 0.2) is 17.5 Å². The van der Waals surface area contributed by atoms with Crippen LogP contribution in [0.25, 0.3) is 61.7 Å². The molecule has 0 spiro atoms. The maximum atomic E-state index is 5.12. The van der Waals surface area contributed by atoms with Crippen LogP contribution >= 0.6 is 0 Å². The lowest BCUT2D eigenvalue weighted by atomic mass is 9.64. The summed E-state index contributed by atoms with van der Waals surface area (Å²) in [5.74, 6) is 2.67. The molecule has 0 saturated heterocycles. The van der Waals surface area contributed by atoms with Crippen LogP contribution in [0.1, 0.15) is 51.6 Å². The second kappa shape index (κ2) is 29.5. The number of fused-ring (bicyclic) bond motifs is 6. The number of hydrogen-bond acceptors (Lipinski definition) is 7. The van der Waals surface area contributed by atoms with Gasteiger partial charge in [-0.15, -0.1) is 0 Å². The minimum absolute atomic E-state index is 0.0499. The Morgan fingerprint density at radius 3 is 1.22 bits per heavy atom. The first-order valence-corrected chi connectivity index (χ1v) is 41.8. The van der Waals surface area contributed by atoms with Gasteiger partial charge in [-0.1, -0.05) is 285 Å². The number of aromatic nitrogens is 3. The molecule has 0 bridgehead atoms. The number of anilines is 3. The molecule has 570 valence electrons. The van der Waals surface area contributed by atoms with Gasteiger partial charge >= 0.3 is 0 Å². The lowest BCUT2D eigenvalue weighted by Crippen LogP contribution is -2.30. The Balaban J connectivity index is 0.000000108. The summed E-state index contributed by atoms with van der Waals surface area (Å²) in [6.07, 6.45) is 56.9. The number of dihydropyridines is 3. The molecule has 0 fully saturated rings. The molecular formula is C113H83N7. The van der Waals surface area contributed by atoms with Gasteiger partial charge in [0.1, 0.15) is 18.1 Å². The highest BCUT2D eigenvalue weighted by Crippen LogP contribution is 2.57. The predicted octanol–water partition coefficient (Wildman–Crippen LogP) is 26.2. The minimum atomic E-state index is 0.0499. The summed E-state index contributed by atoms with van der Waals surface area (Å²) in [6, 6.07) is 79.2. The summed E-state index contributed by atoms with van der Waals surface area (Å²) >= 11 is 0. The highest BCUT2D eigenvalue weighted by molar-refractivity contribution is 6.01. The summed E-state index contributed by atoms with van der Waals surface area (Å²) in [5.41, 5.74) is 46.8. The van der Waals surface area contributed by atoms with Crippen LogP contribution in [-0.4, -0.2) is 51.2 Å². The van der Waals surface area contributed by atoms with Gasteiger partial charge in [-0.25, -0.2) is 15.0 Å². The van der Waals surface area contributed by atoms with Gasteiger partial charge in [-0.3, -0.25) is 15.0 Å². The van der Waals surface area contributed by atoms with Crippen LogP contribution in [0.4, 0.5) is 17.1 Å². The van der Waals surface area contributed by atoms with Crippen molar-refractivity contribution in [2.45, 2.75) is 52.7 Å². The molecule has 0 saturated carbocycles. The van der Waals surface area contributed by atoms with Gasteiger partial charge in [-0.2, -0.15) is 0 Å². The molecule has 0 amide bonds. The summed E-state index contributed by atoms with van der Waals surface area (Å²) in [7, 11) is 0. The molecule has 15 aliphatic rings. The summed E-state index contributed by atoms with van der Waals surface area (Å²) in [4.78, 5) is 32.3. The monoisotopic (exact) mass is 1540 g/mol. The lowest BCUT2D eigenvalue weighted by molar-refractivity contribution is 0.777. The average Bonchev–Trinajstić information content (AvgIpc) is 0.726. The highest BCUT2D eigenvalue weighted by Gasteiger charge is 2.44. The lowest BCUT2D eigenvalue weighted by Gasteiger charge is -2.40. The Hall–Kier alpha value is -14.7. The van der Waals surface area contributed by atoms with E-state index in [2.05, 4.69) is 349 Å². The highest BCUT2D eigenvalue weighted by atomic mass is 15.1. The third-order valence-corrected chi connectivity index (χ3v) is 25.9. The summed E-state index contributed by atoms with van der Waals surface area (Å²) in [5, 5.41) is 0. The fourth-order valence-corrected chi connectivity index (χ4v) is 19.7. The van der Waals surface area contributed by atoms with Gasteiger partial charge < -0.3 is 4.90 Å². The molecule has 7 nitrogen and oxygen atoms in total. The SMILES string of the molecule is CC1=C(C)C2=CC3=C4C(=CC=C5C=CC(c6ccc(N(c7ccccc7)c7ccccc7)cc6)=C(C=C3)C54)C2N=C1.CC1=CC2=CC3=C4C(=CC=C5C=CC(c6nc(-c7ccccc7)nc(-c7ccccc7)n6)=C(C=C3)C54)C2N=C1C.CC1=CC=NC2C1=CC1=C3C2=CC=C2C=CC(c4cc(-c5ccccc5)cc(-c5ccccc5)c4)=C(C=C1)C23. The van der Waals surface area contributed by atoms with Crippen molar-refractivity contribution in [1.29, 1.82) is 0 Å². The number of rotatable bonds is 10. The number of allylic oxidation sites excluding steroid dienone is 36. The Morgan fingerprint density at radius 2 is 0.700 bits per heavy atom. The van der Waals surface area contributed by atoms with Gasteiger partial charge in [0.25, 0.3) is 0 Å². The van der Waals surface area contributed by atoms with Crippen molar-refractivity contribution in [2.24, 2.45) is 32.7 Å². The van der Waals surface area contributed by atoms with Crippen LogP contribution in [-0.2, 0) is 0 Å². The average molecular weight is 1540 g/mol. The van der Waals surface area contributed by atoms with E-state index in [9.17, 15) is 0 Å². The quantitative estimate of drug-likeness (QED) is 0.137. The van der Waals surface area contributed by atoms with E-state index in [4.69, 9.17) is 29.9 Å². The third-order valence-electron chi connectivity index (χ3n) is 25.9. The summed E-state index contributed by atoms with van der Waals surface area (Å²) < 4.78 is 0. The van der Waals surface area contributed by atoms with Gasteiger partial charge in [0.05, 0.1) is 0 Å². The van der Waals surface area contributed by atoms with Crippen LogP contribution in [0, 0.1) is 17.8 Å². The van der Waals surface area contributed by atoms with Crippen LogP contribution in [0.5, 0.6) is 0 Å². The van der Waals surface area contributed by atoms with Gasteiger partial charge in [0, 0.05) is 69.7 Å². The molecule has 6 unspecified atom stereocenters. The maximum absolute atomic E-state index is 5.12. The van der Waals surface area contributed by atoms with E-state index in [0.29, 0.717) is 17.5 Å². The largest absolute Gasteiger partial charge is 0.311 e. The minimum Gasteiger partial charge on any atom is -0.311 e. The van der Waals surface area contributed by atoms with E-state index >= 15 is 0 Å². The van der Waals surface area contributed by atoms with E-state index in [1.165, 1.54) is 167 Å². The standard InChI is InChI=1S/C39H30N2.C38H27N.C36H26N4/c1-25-24-40-39-35-22-16-28-15-20-33(34-21-17-29(38(35)37(28)34)23-36(39)26(25)2)27-13-18-32(19-14-27)41(30-9-5-3-6-10-30)31-11-7-4-8-12-31;1-24-18-19-39-38-34-17-13-27-12-15-32(33-16-14-28(23-35(24)38)37(34)36(27)33)31-21-29(25-8-4-2-5-9-25)20-30(22-31)26-10-6-3-7-11-26;1-21-19-27-20-26-15-16-28-29(17-13-23-14-18-30(32(26)31(23)28)33(27)37-22(21)2)36-39-34(24-9-5-3-6-10-24)38-35(40-36)25-11-7-4-8-12-25/h3-24,37,39H,1-2H3;2-23,36,38H,1H3;3-20,31,33H,1-2H3. The van der Waals surface area contributed by atoms with Crippen molar-refractivity contribution in [3.8, 4) is 45.0 Å². The molecule has 24 rings (SSSR count). The van der Waals surface area contributed by atoms with Crippen molar-refractivity contribution < 1.29 is 0 Å². The molecule has 4 heterocycles. The Labute approximate surface area is 701 Å². The van der Waals surface area contributed by atoms with Gasteiger partial charge in [-0.05, 0) is 281 Å². The van der Waals surface area contributed by atoms with E-state index in [0.717, 1.165) is 39.5 Å². The molecule has 120 heavy (non-hydrogen) atoms. The normalized spacial score (nSPS) is 22.0. The van der Waals surface area contributed by atoms with Crippen LogP contribution in [0.2, 0.25) is 0 Å². The fourth-order valence-electron chi connectivity index (χ4n) is 19.7. The number of nitrogens with zero attached hydrogens (tertiary/aromatic N) is 7. The molecule has 1 aromatic heterocycles. The third kappa shape index (κ3) is 12.4. The second-order valence-electron chi connectivity index (χ2n) is 32.8. The van der Waals surface area contributed by atoms with Crippen molar-refractivity contribution in [2.75, 3.05) is 4.90 Å². The van der Waals surface area contributed by atoms with Crippen molar-refractivity contribution in [3.05, 3.63) is 504 Å². The zero-order chi connectivity index (χ0) is 80.2. The molecular weight excluding hydrogens is 1460 g/mol. The van der Waals surface area contributed by atoms with Crippen LogP contribution in [0.3, 0.4) is 0 Å². The van der Waals surface area contributed by atoms with Crippen LogP contribution < -0.4 is 4.90 Å². The first-order valence-electron chi connectivity index (χ1n) is 41.8. The first kappa shape index (κ1) is 71.8.